The van der Waals surface area contributed by atoms with E-state index < -0.39 is 10.0 Å². The van der Waals surface area contributed by atoms with E-state index in [4.69, 9.17) is 0 Å². The number of rotatable bonds is 5. The van der Waals surface area contributed by atoms with E-state index in [-0.39, 0.29) is 10.7 Å². The topological polar surface area (TPSA) is 112 Å². The highest BCUT2D eigenvalue weighted by Crippen LogP contribution is 2.25. The Kier molecular flexibility index (Phi) is 4.19. The molecule has 0 saturated heterocycles. The van der Waals surface area contributed by atoms with Crippen molar-refractivity contribution in [3.8, 4) is 5.82 Å². The van der Waals surface area contributed by atoms with Gasteiger partial charge in [0.2, 0.25) is 0 Å². The lowest BCUT2D eigenvalue weighted by Crippen LogP contribution is -2.13. The normalized spacial score (nSPS) is 11.6. The molecule has 0 amide bonds. The molecule has 0 aliphatic carbocycles. The van der Waals surface area contributed by atoms with Crippen molar-refractivity contribution < 1.29 is 13.2 Å². The van der Waals surface area contributed by atoms with E-state index in [1.54, 1.807) is 42.2 Å². The van der Waals surface area contributed by atoms with Gasteiger partial charge in [-0.25, -0.2) is 18.1 Å². The molecule has 0 spiro atoms. The lowest BCUT2D eigenvalue weighted by atomic mass is 10.2. The number of hydrogen-bond acceptors (Lipinski definition) is 6. The molecule has 4 aromatic rings. The van der Waals surface area contributed by atoms with Gasteiger partial charge >= 0.3 is 0 Å². The van der Waals surface area contributed by atoms with Crippen LogP contribution in [0.2, 0.25) is 0 Å². The van der Waals surface area contributed by atoms with Crippen LogP contribution in [0.5, 0.6) is 0 Å². The molecular weight excluding hydrogens is 380 g/mol. The van der Waals surface area contributed by atoms with Crippen molar-refractivity contribution in [2.45, 2.75) is 11.8 Å². The Hall–Kier alpha value is -3.53. The lowest BCUT2D eigenvalue weighted by Gasteiger charge is -2.08. The first-order chi connectivity index (χ1) is 13.3. The number of fused-ring (bicyclic) bond motifs is 1. The first-order valence-electron chi connectivity index (χ1n) is 8.31. The minimum atomic E-state index is -3.86. The Bertz CT molecular complexity index is 1290. The predicted molar refractivity (Wildman–Crippen MR) is 103 cm³/mol. The Labute approximate surface area is 160 Å². The van der Waals surface area contributed by atoms with E-state index in [1.807, 2.05) is 6.07 Å². The van der Waals surface area contributed by atoms with Gasteiger partial charge in [0.05, 0.1) is 29.8 Å². The van der Waals surface area contributed by atoms with E-state index in [9.17, 15) is 13.2 Å². The van der Waals surface area contributed by atoms with Crippen LogP contribution >= 0.6 is 0 Å². The third-order valence-corrected chi connectivity index (χ3v) is 5.58. The Morgan fingerprint density at radius 2 is 1.89 bits per heavy atom. The molecule has 0 bridgehead atoms. The molecule has 1 aromatic carbocycles. The fourth-order valence-electron chi connectivity index (χ4n) is 2.82. The molecule has 0 aliphatic rings. The first kappa shape index (κ1) is 17.9. The number of nitrogens with zero attached hydrogens (tertiary/aromatic N) is 5. The first-order valence-corrected chi connectivity index (χ1v) is 9.79. The standard InChI is InChI=1S/C18H16N6O3S/c1-12(25)13-6-7-17(19-8-13)24-11-15(10-21-24)28(26,27)22-16-5-3-4-14-9-20-23(2)18(14)16/h3-11,22H,1-2H3. The van der Waals surface area contributed by atoms with E-state index in [2.05, 4.69) is 19.9 Å². The van der Waals surface area contributed by atoms with Gasteiger partial charge in [0, 0.05) is 24.2 Å². The molecule has 1 N–H and O–H groups in total. The number of Topliss-reactive ketones (excluding diaryl/α,β-unsaturated/α-hetero) is 1. The van der Waals surface area contributed by atoms with Crippen molar-refractivity contribution in [1.82, 2.24) is 24.5 Å². The highest BCUT2D eigenvalue weighted by molar-refractivity contribution is 7.92. The third kappa shape index (κ3) is 3.14. The molecule has 0 radical (unpaired) electrons. The molecule has 3 aromatic heterocycles. The highest BCUT2D eigenvalue weighted by Gasteiger charge is 2.19. The molecule has 0 fully saturated rings. The van der Waals surface area contributed by atoms with Gasteiger partial charge in [0.1, 0.15) is 4.90 Å². The van der Waals surface area contributed by atoms with Crippen LogP contribution in [0, 0.1) is 0 Å². The number of sulfonamides is 1. The number of nitrogens with one attached hydrogen (secondary N) is 1. The van der Waals surface area contributed by atoms with Crippen molar-refractivity contribution in [3.05, 3.63) is 60.7 Å². The fourth-order valence-corrected chi connectivity index (χ4v) is 3.82. The number of carbonyl (C=O) groups excluding carboxylic acids is 1. The molecular formula is C18H16N6O3S. The largest absolute Gasteiger partial charge is 0.294 e. The van der Waals surface area contributed by atoms with Gasteiger partial charge in [-0.2, -0.15) is 10.2 Å². The van der Waals surface area contributed by atoms with E-state index >= 15 is 0 Å². The van der Waals surface area contributed by atoms with Crippen LogP contribution in [0.4, 0.5) is 5.69 Å². The van der Waals surface area contributed by atoms with Crippen LogP contribution < -0.4 is 4.72 Å². The van der Waals surface area contributed by atoms with E-state index in [0.29, 0.717) is 22.6 Å². The summed E-state index contributed by atoms with van der Waals surface area (Å²) in [4.78, 5) is 15.5. The molecule has 0 aliphatic heterocycles. The van der Waals surface area contributed by atoms with E-state index in [0.717, 1.165) is 5.39 Å². The number of hydrogen-bond donors (Lipinski definition) is 1. The molecule has 0 saturated carbocycles. The van der Waals surface area contributed by atoms with Gasteiger partial charge < -0.3 is 0 Å². The smallest absolute Gasteiger partial charge is 0.265 e. The number of pyridine rings is 1. The van der Waals surface area contributed by atoms with Crippen molar-refractivity contribution in [2.24, 2.45) is 7.05 Å². The monoisotopic (exact) mass is 396 g/mol. The molecule has 3 heterocycles. The molecule has 142 valence electrons. The number of aryl methyl sites for hydroxylation is 1. The summed E-state index contributed by atoms with van der Waals surface area (Å²) in [5.41, 5.74) is 1.57. The summed E-state index contributed by atoms with van der Waals surface area (Å²) in [5.74, 6) is 0.302. The zero-order valence-corrected chi connectivity index (χ0v) is 15.9. The average Bonchev–Trinajstić information content (AvgIpc) is 3.30. The Balaban J connectivity index is 1.65. The van der Waals surface area contributed by atoms with Crippen LogP contribution in [0.3, 0.4) is 0 Å². The van der Waals surface area contributed by atoms with Gasteiger partial charge in [0.25, 0.3) is 10.0 Å². The minimum Gasteiger partial charge on any atom is -0.294 e. The summed E-state index contributed by atoms with van der Waals surface area (Å²) in [5, 5.41) is 9.05. The predicted octanol–water partition coefficient (Wildman–Crippen LogP) is 2.16. The van der Waals surface area contributed by atoms with Crippen LogP contribution in [0.1, 0.15) is 17.3 Å². The zero-order valence-electron chi connectivity index (χ0n) is 15.1. The van der Waals surface area contributed by atoms with Crippen molar-refractivity contribution in [1.29, 1.82) is 0 Å². The molecule has 9 nitrogen and oxygen atoms in total. The second-order valence-corrected chi connectivity index (χ2v) is 7.88. The number of ketones is 1. The van der Waals surface area contributed by atoms with Gasteiger partial charge in [-0.3, -0.25) is 14.2 Å². The Morgan fingerprint density at radius 1 is 1.07 bits per heavy atom. The van der Waals surface area contributed by atoms with Crippen LogP contribution in [0.15, 0.2) is 60.0 Å². The highest BCUT2D eigenvalue weighted by atomic mass is 32.2. The van der Waals surface area contributed by atoms with Gasteiger partial charge in [-0.15, -0.1) is 0 Å². The third-order valence-electron chi connectivity index (χ3n) is 4.26. The Morgan fingerprint density at radius 3 is 2.61 bits per heavy atom. The molecule has 28 heavy (non-hydrogen) atoms. The minimum absolute atomic E-state index is 0.0101. The molecule has 0 unspecified atom stereocenters. The van der Waals surface area contributed by atoms with Crippen LogP contribution in [-0.2, 0) is 17.1 Å². The summed E-state index contributed by atoms with van der Waals surface area (Å²) < 4.78 is 31.1. The molecule has 0 atom stereocenters. The number of benzene rings is 1. The summed E-state index contributed by atoms with van der Waals surface area (Å²) in [6, 6.07) is 8.50. The number of para-hydroxylation sites is 1. The number of carbonyl (C=O) groups is 1. The van der Waals surface area contributed by atoms with Gasteiger partial charge in [-0.1, -0.05) is 12.1 Å². The van der Waals surface area contributed by atoms with E-state index in [1.165, 1.54) is 30.2 Å². The molecule has 4 rings (SSSR count). The maximum absolute atomic E-state index is 12.8. The van der Waals surface area contributed by atoms with Crippen LogP contribution in [-0.4, -0.2) is 38.7 Å². The number of anilines is 1. The summed E-state index contributed by atoms with van der Waals surface area (Å²) >= 11 is 0. The van der Waals surface area contributed by atoms with Crippen molar-refractivity contribution in [2.75, 3.05) is 4.72 Å². The molecule has 10 heteroatoms. The maximum Gasteiger partial charge on any atom is 0.265 e. The van der Waals surface area contributed by atoms with Crippen molar-refractivity contribution in [3.63, 3.8) is 0 Å². The lowest BCUT2D eigenvalue weighted by molar-refractivity contribution is 0.101. The zero-order chi connectivity index (χ0) is 19.9. The number of aromatic nitrogens is 5. The maximum atomic E-state index is 12.8. The second-order valence-electron chi connectivity index (χ2n) is 6.20. The quantitative estimate of drug-likeness (QED) is 0.518. The fraction of sp³-hybridized carbons (Fsp3) is 0.111. The average molecular weight is 396 g/mol. The van der Waals surface area contributed by atoms with Crippen LogP contribution in [0.25, 0.3) is 16.7 Å². The summed E-state index contributed by atoms with van der Waals surface area (Å²) in [6.45, 7) is 1.45. The van der Waals surface area contributed by atoms with Gasteiger partial charge in [-0.05, 0) is 25.1 Å². The van der Waals surface area contributed by atoms with Crippen molar-refractivity contribution >= 4 is 32.4 Å². The SMILES string of the molecule is CC(=O)c1ccc(-n2cc(S(=O)(=O)Nc3cccc4cnn(C)c34)cn2)nc1. The second kappa shape index (κ2) is 6.57. The summed E-state index contributed by atoms with van der Waals surface area (Å²) in [7, 11) is -2.12. The summed E-state index contributed by atoms with van der Waals surface area (Å²) in [6.07, 6.45) is 5.70. The van der Waals surface area contributed by atoms with Gasteiger partial charge in [0.15, 0.2) is 11.6 Å².